The Balaban J connectivity index is 1.60. The van der Waals surface area contributed by atoms with Crippen molar-refractivity contribution in [1.29, 1.82) is 0 Å². The van der Waals surface area contributed by atoms with E-state index in [2.05, 4.69) is 26.4 Å². The number of carbonyl (C=O) groups is 3. The fourth-order valence-corrected chi connectivity index (χ4v) is 3.64. The molecule has 2 aromatic rings. The van der Waals surface area contributed by atoms with E-state index in [1.807, 2.05) is 51.1 Å². The van der Waals surface area contributed by atoms with E-state index < -0.39 is 18.1 Å². The summed E-state index contributed by atoms with van der Waals surface area (Å²) in [5.74, 6) is -0.997. The van der Waals surface area contributed by atoms with Crippen molar-refractivity contribution in [3.63, 3.8) is 0 Å². The topological polar surface area (TPSA) is 117 Å². The molecule has 0 saturated carbocycles. The molecule has 3 rings (SSSR count). The molecule has 9 heteroatoms. The molecule has 1 aliphatic heterocycles. The number of rotatable bonds is 7. The smallest absolute Gasteiger partial charge is 0.314 e. The highest BCUT2D eigenvalue weighted by molar-refractivity contribution is 6.39. The number of aryl methyl sites for hydroxylation is 2. The van der Waals surface area contributed by atoms with E-state index in [1.165, 1.54) is 10.2 Å². The molecule has 3 atom stereocenters. The lowest BCUT2D eigenvalue weighted by atomic mass is 9.99. The first kappa shape index (κ1) is 23.5. The average molecular weight is 441 g/mol. The van der Waals surface area contributed by atoms with E-state index in [0.29, 0.717) is 24.4 Å². The second-order valence-electron chi connectivity index (χ2n) is 8.66. The molecule has 0 bridgehead atoms. The minimum atomic E-state index is -0.778. The Kier molecular flexibility index (Phi) is 7.63. The maximum Gasteiger partial charge on any atom is 0.314 e. The van der Waals surface area contributed by atoms with Crippen LogP contribution in [-0.4, -0.2) is 39.6 Å². The predicted molar refractivity (Wildman–Crippen MR) is 122 cm³/mol. The Labute approximate surface area is 188 Å². The summed E-state index contributed by atoms with van der Waals surface area (Å²) in [6.45, 7) is 7.72. The lowest BCUT2D eigenvalue weighted by molar-refractivity contribution is -0.136. The number of aromatic nitrogens is 2. The summed E-state index contributed by atoms with van der Waals surface area (Å²) < 4.78 is 1.49. The number of nitrogens with one attached hydrogen (secondary N) is 4. The van der Waals surface area contributed by atoms with Crippen LogP contribution >= 0.6 is 0 Å². The highest BCUT2D eigenvalue weighted by atomic mass is 16.2. The summed E-state index contributed by atoms with van der Waals surface area (Å²) in [5.41, 5.74) is 1.83. The van der Waals surface area contributed by atoms with Crippen LogP contribution in [0.5, 0.6) is 0 Å². The number of benzene rings is 1. The van der Waals surface area contributed by atoms with Crippen LogP contribution in [0.4, 0.5) is 5.82 Å². The summed E-state index contributed by atoms with van der Waals surface area (Å²) in [7, 11) is 0. The lowest BCUT2D eigenvalue weighted by Crippen LogP contribution is -2.55. The van der Waals surface area contributed by atoms with Gasteiger partial charge in [-0.1, -0.05) is 44.2 Å². The monoisotopic (exact) mass is 440 g/mol. The van der Waals surface area contributed by atoms with Gasteiger partial charge in [0.05, 0.1) is 5.69 Å². The van der Waals surface area contributed by atoms with Gasteiger partial charge in [-0.3, -0.25) is 19.7 Å². The normalized spacial score (nSPS) is 19.3. The van der Waals surface area contributed by atoms with Crippen LogP contribution in [0.3, 0.4) is 0 Å². The first-order chi connectivity index (χ1) is 15.2. The Hall–Kier alpha value is -3.20. The van der Waals surface area contributed by atoms with Crippen LogP contribution in [0.25, 0.3) is 0 Å². The van der Waals surface area contributed by atoms with Crippen molar-refractivity contribution in [2.45, 2.75) is 65.3 Å². The summed E-state index contributed by atoms with van der Waals surface area (Å²) in [5, 5.41) is 15.9. The van der Waals surface area contributed by atoms with Crippen LogP contribution in [0.1, 0.15) is 51.2 Å². The molecule has 2 heterocycles. The maximum absolute atomic E-state index is 12.5. The number of hydrogen-bond acceptors (Lipinski definition) is 5. The van der Waals surface area contributed by atoms with Crippen molar-refractivity contribution in [2.75, 3.05) is 5.32 Å². The largest absolute Gasteiger partial charge is 0.345 e. The van der Waals surface area contributed by atoms with Crippen molar-refractivity contribution in [2.24, 2.45) is 5.92 Å². The number of anilines is 1. The Morgan fingerprint density at radius 2 is 1.91 bits per heavy atom. The van der Waals surface area contributed by atoms with Gasteiger partial charge in [0.25, 0.3) is 0 Å². The fourth-order valence-electron chi connectivity index (χ4n) is 3.64. The molecule has 172 valence electrons. The van der Waals surface area contributed by atoms with Gasteiger partial charge in [-0.2, -0.15) is 5.10 Å². The minimum Gasteiger partial charge on any atom is -0.345 e. The average Bonchev–Trinajstić information content (AvgIpc) is 3.12. The Bertz CT molecular complexity index is 956. The minimum absolute atomic E-state index is 0.0180. The first-order valence-electron chi connectivity index (χ1n) is 11.0. The molecular formula is C23H32N6O3. The first-order valence-corrected chi connectivity index (χ1v) is 11.0. The van der Waals surface area contributed by atoms with Crippen molar-refractivity contribution in [1.82, 2.24) is 25.7 Å². The molecule has 0 radical (unpaired) electrons. The summed E-state index contributed by atoms with van der Waals surface area (Å²) in [6, 6.07) is 11.5. The predicted octanol–water partition coefficient (Wildman–Crippen LogP) is 1.86. The maximum atomic E-state index is 12.5. The van der Waals surface area contributed by atoms with Crippen molar-refractivity contribution < 1.29 is 14.4 Å². The van der Waals surface area contributed by atoms with Crippen molar-refractivity contribution in [3.8, 4) is 0 Å². The Morgan fingerprint density at radius 3 is 2.59 bits per heavy atom. The second kappa shape index (κ2) is 10.4. The molecule has 3 amide bonds. The van der Waals surface area contributed by atoms with E-state index in [1.54, 1.807) is 13.0 Å². The molecule has 1 aromatic heterocycles. The van der Waals surface area contributed by atoms with Crippen molar-refractivity contribution in [3.05, 3.63) is 47.7 Å². The highest BCUT2D eigenvalue weighted by Gasteiger charge is 2.31. The number of nitrogens with zero attached hydrogens (tertiary/aromatic N) is 2. The van der Waals surface area contributed by atoms with E-state index in [9.17, 15) is 14.4 Å². The van der Waals surface area contributed by atoms with E-state index >= 15 is 0 Å². The molecule has 4 N–H and O–H groups in total. The van der Waals surface area contributed by atoms with Gasteiger partial charge in [0, 0.05) is 24.6 Å². The second-order valence-corrected chi connectivity index (χ2v) is 8.66. The van der Waals surface area contributed by atoms with Gasteiger partial charge in [-0.15, -0.1) is 0 Å². The number of carbonyl (C=O) groups excluding carboxylic acids is 3. The van der Waals surface area contributed by atoms with Crippen LogP contribution < -0.4 is 21.3 Å². The van der Waals surface area contributed by atoms with Gasteiger partial charge in [0.15, 0.2) is 6.29 Å². The van der Waals surface area contributed by atoms with Gasteiger partial charge in [-0.25, -0.2) is 4.68 Å². The van der Waals surface area contributed by atoms with E-state index in [-0.39, 0.29) is 23.9 Å². The Morgan fingerprint density at radius 1 is 1.19 bits per heavy atom. The molecule has 1 aliphatic rings. The molecule has 32 heavy (non-hydrogen) atoms. The van der Waals surface area contributed by atoms with E-state index in [4.69, 9.17) is 0 Å². The quantitative estimate of drug-likeness (QED) is 0.490. The standard InChI is InChI=1S/C23H32N6O3/c1-14(2)18-13-20(30)27-23(25-18)29-19(12-16(4)28-29)26-22(32)21(31)24-15(3)10-11-17-8-6-5-7-9-17/h5-9,12,14-15,18,23,25H,10-11,13H2,1-4H3,(H,24,31)(H,26,32)(H,27,30). The van der Waals surface area contributed by atoms with Crippen LogP contribution in [0, 0.1) is 12.8 Å². The lowest BCUT2D eigenvalue weighted by Gasteiger charge is -2.34. The third kappa shape index (κ3) is 6.16. The van der Waals surface area contributed by atoms with Gasteiger partial charge in [0.1, 0.15) is 5.82 Å². The third-order valence-corrected chi connectivity index (χ3v) is 5.52. The zero-order valence-corrected chi connectivity index (χ0v) is 19.0. The highest BCUT2D eigenvalue weighted by Crippen LogP contribution is 2.19. The van der Waals surface area contributed by atoms with Crippen molar-refractivity contribution >= 4 is 23.5 Å². The third-order valence-electron chi connectivity index (χ3n) is 5.52. The van der Waals surface area contributed by atoms with Gasteiger partial charge < -0.3 is 16.0 Å². The molecule has 9 nitrogen and oxygen atoms in total. The van der Waals surface area contributed by atoms with Gasteiger partial charge in [-0.05, 0) is 38.2 Å². The summed E-state index contributed by atoms with van der Waals surface area (Å²) in [4.78, 5) is 37.1. The molecule has 0 spiro atoms. The van der Waals surface area contributed by atoms with Crippen LogP contribution in [0.15, 0.2) is 36.4 Å². The SMILES string of the molecule is Cc1cc(NC(=O)C(=O)NC(C)CCc2ccccc2)n(C2NC(=O)CC(C(C)C)N2)n1. The molecular weight excluding hydrogens is 408 g/mol. The zero-order chi connectivity index (χ0) is 23.3. The molecule has 3 unspecified atom stereocenters. The van der Waals surface area contributed by atoms with Gasteiger partial charge in [0.2, 0.25) is 5.91 Å². The molecule has 1 aromatic carbocycles. The molecule has 0 aliphatic carbocycles. The van der Waals surface area contributed by atoms with Crippen LogP contribution in [-0.2, 0) is 20.8 Å². The summed E-state index contributed by atoms with van der Waals surface area (Å²) >= 11 is 0. The number of hydrogen-bond donors (Lipinski definition) is 4. The molecule has 1 saturated heterocycles. The number of amides is 3. The fraction of sp³-hybridized carbons (Fsp3) is 0.478. The molecule has 1 fully saturated rings. The summed E-state index contributed by atoms with van der Waals surface area (Å²) in [6.07, 6.45) is 1.29. The van der Waals surface area contributed by atoms with Crippen LogP contribution in [0.2, 0.25) is 0 Å². The zero-order valence-electron chi connectivity index (χ0n) is 19.0. The van der Waals surface area contributed by atoms with Gasteiger partial charge >= 0.3 is 11.8 Å². The van der Waals surface area contributed by atoms with E-state index in [0.717, 1.165) is 6.42 Å².